The molecule has 2 atom stereocenters. The monoisotopic (exact) mass is 488 g/mol. The minimum atomic E-state index is -1.04. The summed E-state index contributed by atoms with van der Waals surface area (Å²) in [5.41, 5.74) is 1.46. The lowest BCUT2D eigenvalue weighted by Gasteiger charge is -2.24. The second kappa shape index (κ2) is 7.84. The van der Waals surface area contributed by atoms with E-state index in [1.165, 1.54) is 6.07 Å². The molecule has 4 heterocycles. The molecule has 0 aliphatic carbocycles. The van der Waals surface area contributed by atoms with Gasteiger partial charge in [0.2, 0.25) is 11.8 Å². The van der Waals surface area contributed by atoms with Gasteiger partial charge in [-0.1, -0.05) is 0 Å². The molecule has 0 spiro atoms. The number of hydrogen-bond donors (Lipinski definition) is 1. The van der Waals surface area contributed by atoms with Crippen molar-refractivity contribution in [2.45, 2.75) is 6.54 Å². The number of halogens is 2. The molecular formula is C19H18BrFN8O2. The van der Waals surface area contributed by atoms with Gasteiger partial charge in [0.15, 0.2) is 6.54 Å². The number of carboxylic acids is 1. The van der Waals surface area contributed by atoms with Crippen LogP contribution in [-0.4, -0.2) is 67.4 Å². The van der Waals surface area contributed by atoms with Gasteiger partial charge in [-0.2, -0.15) is 4.80 Å². The number of carbonyl (C=O) groups is 1. The number of nitrogens with zero attached hydrogens (tertiary/aromatic N) is 8. The van der Waals surface area contributed by atoms with Crippen molar-refractivity contribution in [3.05, 3.63) is 40.9 Å². The molecule has 0 bridgehead atoms. The maximum Gasteiger partial charge on any atom is 0.327 e. The fourth-order valence-corrected chi connectivity index (χ4v) is 4.73. The highest BCUT2D eigenvalue weighted by Gasteiger charge is 2.41. The summed E-state index contributed by atoms with van der Waals surface area (Å²) in [4.78, 5) is 25.0. The molecule has 31 heavy (non-hydrogen) atoms. The summed E-state index contributed by atoms with van der Waals surface area (Å²) in [6, 6.07) is 4.77. The van der Waals surface area contributed by atoms with E-state index in [0.717, 1.165) is 41.1 Å². The minimum Gasteiger partial charge on any atom is -0.480 e. The zero-order valence-corrected chi connectivity index (χ0v) is 17.9. The van der Waals surface area contributed by atoms with Crippen LogP contribution in [0.1, 0.15) is 0 Å². The molecule has 2 aliphatic rings. The van der Waals surface area contributed by atoms with Crippen LogP contribution in [0.2, 0.25) is 0 Å². The van der Waals surface area contributed by atoms with Gasteiger partial charge in [-0.3, -0.25) is 4.79 Å². The summed E-state index contributed by atoms with van der Waals surface area (Å²) in [6.45, 7) is 3.03. The van der Waals surface area contributed by atoms with Crippen molar-refractivity contribution in [1.82, 2.24) is 30.2 Å². The highest BCUT2D eigenvalue weighted by molar-refractivity contribution is 9.10. The molecule has 2 fully saturated rings. The Labute approximate surface area is 184 Å². The number of hydrogen-bond acceptors (Lipinski definition) is 8. The Kier molecular flexibility index (Phi) is 5.00. The average molecular weight is 489 g/mol. The maximum atomic E-state index is 13.7. The van der Waals surface area contributed by atoms with Crippen molar-refractivity contribution in [1.29, 1.82) is 0 Å². The average Bonchev–Trinajstić information content (AvgIpc) is 3.44. The highest BCUT2D eigenvalue weighted by atomic mass is 79.9. The van der Waals surface area contributed by atoms with Crippen molar-refractivity contribution in [2.75, 3.05) is 36.0 Å². The number of anilines is 2. The van der Waals surface area contributed by atoms with Gasteiger partial charge in [-0.15, -0.1) is 10.2 Å². The number of fused-ring (bicyclic) bond motifs is 1. The Balaban J connectivity index is 1.24. The van der Waals surface area contributed by atoms with Gasteiger partial charge in [-0.25, -0.2) is 14.4 Å². The first-order valence-corrected chi connectivity index (χ1v) is 10.5. The molecule has 1 N–H and O–H groups in total. The third-order valence-electron chi connectivity index (χ3n) is 5.64. The van der Waals surface area contributed by atoms with Crippen molar-refractivity contribution in [2.24, 2.45) is 11.8 Å². The van der Waals surface area contributed by atoms with Crippen LogP contribution >= 0.6 is 15.9 Å². The summed E-state index contributed by atoms with van der Waals surface area (Å²) in [7, 11) is 0. The topological polar surface area (TPSA) is 113 Å². The predicted molar refractivity (Wildman–Crippen MR) is 112 cm³/mol. The van der Waals surface area contributed by atoms with Crippen LogP contribution in [0.25, 0.3) is 11.4 Å². The number of carboxylic acid groups (broad SMARTS) is 1. The predicted octanol–water partition coefficient (Wildman–Crippen LogP) is 1.69. The molecule has 1 aromatic carbocycles. The fraction of sp³-hybridized carbons (Fsp3) is 0.368. The number of tetrazole rings is 1. The van der Waals surface area contributed by atoms with Gasteiger partial charge >= 0.3 is 5.97 Å². The van der Waals surface area contributed by atoms with Gasteiger partial charge in [0.25, 0.3) is 0 Å². The van der Waals surface area contributed by atoms with E-state index in [0.29, 0.717) is 23.3 Å². The van der Waals surface area contributed by atoms with Crippen LogP contribution in [0.3, 0.4) is 0 Å². The molecular weight excluding hydrogens is 471 g/mol. The lowest BCUT2D eigenvalue weighted by molar-refractivity contribution is -0.138. The zero-order valence-electron chi connectivity index (χ0n) is 16.3. The quantitative estimate of drug-likeness (QED) is 0.572. The number of aromatic nitrogens is 6. The van der Waals surface area contributed by atoms with Crippen LogP contribution in [0.15, 0.2) is 35.1 Å². The summed E-state index contributed by atoms with van der Waals surface area (Å²) < 4.78 is 14.6. The third-order valence-corrected chi connectivity index (χ3v) is 6.31. The highest BCUT2D eigenvalue weighted by Crippen LogP contribution is 2.38. The summed E-state index contributed by atoms with van der Waals surface area (Å²) in [5, 5.41) is 20.4. The van der Waals surface area contributed by atoms with Crippen molar-refractivity contribution in [3.63, 3.8) is 0 Å². The summed E-state index contributed by atoms with van der Waals surface area (Å²) in [6.07, 6.45) is 3.24. The summed E-state index contributed by atoms with van der Waals surface area (Å²) >= 11 is 3.52. The van der Waals surface area contributed by atoms with Crippen molar-refractivity contribution in [3.8, 4) is 11.4 Å². The van der Waals surface area contributed by atoms with Crippen LogP contribution in [0.5, 0.6) is 0 Å². The van der Waals surface area contributed by atoms with Gasteiger partial charge in [0.1, 0.15) is 5.82 Å². The Bertz CT molecular complexity index is 1110. The first-order valence-electron chi connectivity index (χ1n) is 9.73. The Morgan fingerprint density at radius 1 is 1.13 bits per heavy atom. The molecule has 2 aromatic heterocycles. The molecule has 0 saturated carbocycles. The van der Waals surface area contributed by atoms with E-state index in [-0.39, 0.29) is 18.2 Å². The molecule has 0 amide bonds. The normalized spacial score (nSPS) is 20.3. The van der Waals surface area contributed by atoms with Crippen LogP contribution in [0, 0.1) is 17.7 Å². The van der Waals surface area contributed by atoms with Gasteiger partial charge in [0.05, 0.1) is 11.3 Å². The second-order valence-corrected chi connectivity index (χ2v) is 8.59. The van der Waals surface area contributed by atoms with Gasteiger partial charge in [0, 0.05) is 54.9 Å². The molecule has 12 heteroatoms. The second-order valence-electron chi connectivity index (χ2n) is 7.73. The van der Waals surface area contributed by atoms with E-state index in [1.807, 2.05) is 0 Å². The minimum absolute atomic E-state index is 0.233. The first kappa shape index (κ1) is 19.8. The molecule has 5 rings (SSSR count). The van der Waals surface area contributed by atoms with Crippen LogP contribution in [-0.2, 0) is 11.3 Å². The van der Waals surface area contributed by atoms with E-state index in [2.05, 4.69) is 51.1 Å². The molecule has 160 valence electrons. The largest absolute Gasteiger partial charge is 0.480 e. The maximum absolute atomic E-state index is 13.7. The molecule has 2 saturated heterocycles. The lowest BCUT2D eigenvalue weighted by Crippen LogP contribution is -2.29. The zero-order chi connectivity index (χ0) is 21.5. The molecule has 2 aliphatic heterocycles. The number of rotatable bonds is 5. The Morgan fingerprint density at radius 2 is 1.81 bits per heavy atom. The number of aliphatic carboxylic acids is 1. The SMILES string of the molecule is O=C(O)Cn1nnc(-c2cnc(N3CC4CN(c5cc(F)ccc5Br)CC4C3)nc2)n1. The van der Waals surface area contributed by atoms with E-state index in [1.54, 1.807) is 24.5 Å². The number of benzene rings is 1. The molecule has 0 radical (unpaired) electrons. The summed E-state index contributed by atoms with van der Waals surface area (Å²) in [5.74, 6) is 0.547. The fourth-order valence-electron chi connectivity index (χ4n) is 4.23. The molecule has 3 aromatic rings. The van der Waals surface area contributed by atoms with Gasteiger partial charge in [-0.05, 0) is 39.3 Å². The molecule has 2 unspecified atom stereocenters. The van der Waals surface area contributed by atoms with Crippen LogP contribution in [0.4, 0.5) is 16.0 Å². The molecule has 10 nitrogen and oxygen atoms in total. The van der Waals surface area contributed by atoms with E-state index >= 15 is 0 Å². The van der Waals surface area contributed by atoms with E-state index in [9.17, 15) is 9.18 Å². The third kappa shape index (κ3) is 3.94. The van der Waals surface area contributed by atoms with E-state index < -0.39 is 5.97 Å². The standard InChI is InChI=1S/C19H18BrFN8O2/c20-15-2-1-14(21)3-16(15)27-6-12-8-28(9-13(12)7-27)19-22-4-11(5-23-19)18-24-26-29(25-18)10-17(30)31/h1-5,12-13H,6-10H2,(H,30,31). The van der Waals surface area contributed by atoms with E-state index in [4.69, 9.17) is 5.11 Å². The van der Waals surface area contributed by atoms with Gasteiger partial charge < -0.3 is 14.9 Å². The Morgan fingerprint density at radius 3 is 2.48 bits per heavy atom. The first-order chi connectivity index (χ1) is 15.0. The van der Waals surface area contributed by atoms with Crippen LogP contribution < -0.4 is 9.80 Å². The van der Waals surface area contributed by atoms with Crippen molar-refractivity contribution >= 4 is 33.5 Å². The lowest BCUT2D eigenvalue weighted by atomic mass is 10.0. The smallest absolute Gasteiger partial charge is 0.327 e. The Hall–Kier alpha value is -3.15. The van der Waals surface area contributed by atoms with Crippen molar-refractivity contribution < 1.29 is 14.3 Å².